The Morgan fingerprint density at radius 3 is 2.62 bits per heavy atom. The summed E-state index contributed by atoms with van der Waals surface area (Å²) in [7, 11) is 0. The van der Waals surface area contributed by atoms with Gasteiger partial charge in [-0.05, 0) is 42.0 Å². The summed E-state index contributed by atoms with van der Waals surface area (Å²) >= 11 is 6.36. The molecular weight excluding hydrogens is 390 g/mol. The number of carbonyl (C=O) groups excluding carboxylic acids is 1. The highest BCUT2D eigenvalue weighted by atomic mass is 35.5. The van der Waals surface area contributed by atoms with Crippen LogP contribution in [0.2, 0.25) is 5.02 Å². The molecule has 0 spiro atoms. The molecule has 1 aliphatic heterocycles. The summed E-state index contributed by atoms with van der Waals surface area (Å²) in [5.41, 5.74) is 1.12. The molecular formula is C22H22ClN3O3. The number of carbonyl (C=O) groups is 1. The number of rotatable bonds is 4. The summed E-state index contributed by atoms with van der Waals surface area (Å²) in [5, 5.41) is 14.3. The first-order valence-corrected chi connectivity index (χ1v) is 9.99. The molecule has 4 rings (SSSR count). The van der Waals surface area contributed by atoms with Crippen molar-refractivity contribution in [1.82, 2.24) is 9.88 Å². The lowest BCUT2D eigenvalue weighted by Gasteiger charge is -2.35. The second-order valence-electron chi connectivity index (χ2n) is 7.30. The van der Waals surface area contributed by atoms with Crippen molar-refractivity contribution >= 4 is 34.0 Å². The molecule has 1 aliphatic rings. The Kier molecular flexibility index (Phi) is 5.67. The number of aromatic nitrogens is 1. The summed E-state index contributed by atoms with van der Waals surface area (Å²) in [6, 6.07) is 14.1. The number of anilines is 1. The van der Waals surface area contributed by atoms with Crippen LogP contribution in [0.4, 0.5) is 5.69 Å². The van der Waals surface area contributed by atoms with Crippen LogP contribution in [0, 0.1) is 0 Å². The third-order valence-electron chi connectivity index (χ3n) is 5.35. The number of aliphatic hydroxyl groups is 1. The van der Waals surface area contributed by atoms with Crippen LogP contribution < -0.4 is 10.9 Å². The Labute approximate surface area is 173 Å². The van der Waals surface area contributed by atoms with Gasteiger partial charge in [-0.3, -0.25) is 14.5 Å². The number of hydrogen-bond donors (Lipinski definition) is 3. The van der Waals surface area contributed by atoms with E-state index in [9.17, 15) is 14.7 Å². The number of pyridine rings is 1. The first-order chi connectivity index (χ1) is 14.0. The maximum Gasteiger partial charge on any atom is 0.255 e. The molecule has 3 aromatic rings. The highest BCUT2D eigenvalue weighted by Gasteiger charge is 2.31. The number of H-pyrrole nitrogens is 1. The van der Waals surface area contributed by atoms with E-state index in [4.69, 9.17) is 11.6 Å². The average Bonchev–Trinajstić information content (AvgIpc) is 2.72. The minimum Gasteiger partial charge on any atom is -0.393 e. The first-order valence-electron chi connectivity index (χ1n) is 9.62. The Bertz CT molecular complexity index is 1080. The van der Waals surface area contributed by atoms with E-state index < -0.39 is 6.04 Å². The Morgan fingerprint density at radius 1 is 1.17 bits per heavy atom. The van der Waals surface area contributed by atoms with Gasteiger partial charge in [-0.2, -0.15) is 0 Å². The zero-order chi connectivity index (χ0) is 20.4. The smallest absolute Gasteiger partial charge is 0.255 e. The van der Waals surface area contributed by atoms with E-state index >= 15 is 0 Å². The molecule has 1 amide bonds. The van der Waals surface area contributed by atoms with Crippen molar-refractivity contribution < 1.29 is 9.90 Å². The molecule has 0 saturated carbocycles. The van der Waals surface area contributed by atoms with Crippen molar-refractivity contribution in [3.8, 4) is 0 Å². The Hall–Kier alpha value is -2.67. The van der Waals surface area contributed by atoms with Gasteiger partial charge in [-0.15, -0.1) is 0 Å². The van der Waals surface area contributed by atoms with Crippen molar-refractivity contribution in [1.29, 1.82) is 0 Å². The molecule has 0 bridgehead atoms. The number of amides is 1. The molecule has 1 saturated heterocycles. The zero-order valence-corrected chi connectivity index (χ0v) is 16.5. The number of nitrogens with zero attached hydrogens (tertiary/aromatic N) is 1. The molecule has 29 heavy (non-hydrogen) atoms. The summed E-state index contributed by atoms with van der Waals surface area (Å²) in [6.07, 6.45) is 2.51. The molecule has 1 aromatic heterocycles. The number of nitrogens with one attached hydrogen (secondary N) is 2. The zero-order valence-electron chi connectivity index (χ0n) is 15.8. The van der Waals surface area contributed by atoms with E-state index in [1.54, 1.807) is 24.4 Å². The predicted octanol–water partition coefficient (Wildman–Crippen LogP) is 3.32. The third kappa shape index (κ3) is 4.19. The predicted molar refractivity (Wildman–Crippen MR) is 114 cm³/mol. The highest BCUT2D eigenvalue weighted by Crippen LogP contribution is 2.30. The van der Waals surface area contributed by atoms with Crippen molar-refractivity contribution in [2.45, 2.75) is 25.0 Å². The lowest BCUT2D eigenvalue weighted by molar-refractivity contribution is -0.122. The van der Waals surface area contributed by atoms with Crippen LogP contribution in [0.1, 0.15) is 24.4 Å². The van der Waals surface area contributed by atoms with E-state index in [0.29, 0.717) is 47.4 Å². The lowest BCUT2D eigenvalue weighted by atomic mass is 9.99. The maximum atomic E-state index is 13.3. The van der Waals surface area contributed by atoms with Crippen LogP contribution in [0.3, 0.4) is 0 Å². The van der Waals surface area contributed by atoms with E-state index in [1.807, 2.05) is 30.3 Å². The van der Waals surface area contributed by atoms with Gasteiger partial charge < -0.3 is 15.4 Å². The van der Waals surface area contributed by atoms with Gasteiger partial charge in [0.15, 0.2) is 0 Å². The summed E-state index contributed by atoms with van der Waals surface area (Å²) in [5.74, 6) is -0.196. The minimum atomic E-state index is -0.491. The van der Waals surface area contributed by atoms with Crippen LogP contribution in [0.5, 0.6) is 0 Å². The van der Waals surface area contributed by atoms with Crippen LogP contribution in [-0.4, -0.2) is 40.1 Å². The second-order valence-corrected chi connectivity index (χ2v) is 7.70. The van der Waals surface area contributed by atoms with Gasteiger partial charge >= 0.3 is 0 Å². The van der Waals surface area contributed by atoms with E-state index in [1.165, 1.54) is 0 Å². The molecule has 6 nitrogen and oxygen atoms in total. The van der Waals surface area contributed by atoms with Gasteiger partial charge in [-0.1, -0.05) is 41.9 Å². The molecule has 1 fully saturated rings. The molecule has 3 N–H and O–H groups in total. The molecule has 7 heteroatoms. The van der Waals surface area contributed by atoms with E-state index in [-0.39, 0.29) is 17.6 Å². The number of hydrogen-bond acceptors (Lipinski definition) is 4. The molecule has 2 aromatic carbocycles. The number of halogens is 1. The number of fused-ring (bicyclic) bond motifs is 1. The number of aromatic amines is 1. The normalized spacial score (nSPS) is 16.6. The average molecular weight is 412 g/mol. The molecule has 1 atom stereocenters. The van der Waals surface area contributed by atoms with E-state index in [2.05, 4.69) is 15.2 Å². The van der Waals surface area contributed by atoms with Crippen molar-refractivity contribution in [3.63, 3.8) is 0 Å². The van der Waals surface area contributed by atoms with Gasteiger partial charge in [0.2, 0.25) is 5.91 Å². The molecule has 1 unspecified atom stereocenters. The largest absolute Gasteiger partial charge is 0.393 e. The number of aliphatic hydroxyl groups excluding tert-OH is 1. The van der Waals surface area contributed by atoms with Gasteiger partial charge in [0.1, 0.15) is 6.04 Å². The second kappa shape index (κ2) is 8.37. The lowest BCUT2D eigenvalue weighted by Crippen LogP contribution is -2.43. The maximum absolute atomic E-state index is 13.3. The van der Waals surface area contributed by atoms with Crippen molar-refractivity contribution in [3.05, 3.63) is 75.7 Å². The first kappa shape index (κ1) is 19.6. The van der Waals surface area contributed by atoms with Gasteiger partial charge in [0.05, 0.1) is 16.8 Å². The quantitative estimate of drug-likeness (QED) is 0.614. The number of likely N-dealkylation sites (tertiary alicyclic amines) is 1. The SMILES string of the molecule is O=C(Nc1cc2cc[nH]c(=O)c2cc1Cl)C(c1ccccc1)N1CCC(O)CC1. The van der Waals surface area contributed by atoms with Crippen LogP contribution in [-0.2, 0) is 4.79 Å². The van der Waals surface area contributed by atoms with Crippen molar-refractivity contribution in [2.75, 3.05) is 18.4 Å². The summed E-state index contributed by atoms with van der Waals surface area (Å²) in [4.78, 5) is 30.0. The van der Waals surface area contributed by atoms with Gasteiger partial charge in [-0.25, -0.2) is 0 Å². The van der Waals surface area contributed by atoms with Crippen LogP contribution in [0.25, 0.3) is 10.8 Å². The minimum absolute atomic E-state index is 0.196. The van der Waals surface area contributed by atoms with Crippen LogP contribution >= 0.6 is 11.6 Å². The monoisotopic (exact) mass is 411 g/mol. The van der Waals surface area contributed by atoms with E-state index in [0.717, 1.165) is 5.56 Å². The van der Waals surface area contributed by atoms with Crippen molar-refractivity contribution in [2.24, 2.45) is 0 Å². The topological polar surface area (TPSA) is 85.4 Å². The molecule has 0 radical (unpaired) electrons. The Morgan fingerprint density at radius 2 is 1.90 bits per heavy atom. The molecule has 150 valence electrons. The molecule has 2 heterocycles. The summed E-state index contributed by atoms with van der Waals surface area (Å²) < 4.78 is 0. The summed E-state index contributed by atoms with van der Waals surface area (Å²) in [6.45, 7) is 1.27. The van der Waals surface area contributed by atoms with Crippen LogP contribution in [0.15, 0.2) is 59.5 Å². The standard InChI is InChI=1S/C22H22ClN3O3/c23-18-13-17-15(6-9-24-21(17)28)12-19(18)25-22(29)20(14-4-2-1-3-5-14)26-10-7-16(27)8-11-26/h1-6,9,12-13,16,20,27H,7-8,10-11H2,(H,24,28)(H,25,29). The highest BCUT2D eigenvalue weighted by molar-refractivity contribution is 6.34. The van der Waals surface area contributed by atoms with Gasteiger partial charge in [0, 0.05) is 24.7 Å². The molecule has 0 aliphatic carbocycles. The fraction of sp³-hybridized carbons (Fsp3) is 0.273. The fourth-order valence-corrected chi connectivity index (χ4v) is 4.02. The Balaban J connectivity index is 1.65. The number of piperidine rings is 1. The van der Waals surface area contributed by atoms with Gasteiger partial charge in [0.25, 0.3) is 5.56 Å². The third-order valence-corrected chi connectivity index (χ3v) is 5.66. The fourth-order valence-electron chi connectivity index (χ4n) is 3.81. The number of benzene rings is 2.